The Morgan fingerprint density at radius 1 is 1.25 bits per heavy atom. The number of benzene rings is 1. The van der Waals surface area contributed by atoms with Gasteiger partial charge in [-0.15, -0.1) is 30.6 Å². The molecule has 3 aliphatic rings. The molecule has 1 aliphatic carbocycles. The van der Waals surface area contributed by atoms with Crippen LogP contribution in [-0.2, 0) is 17.6 Å². The van der Waals surface area contributed by atoms with Crippen LogP contribution >= 0.6 is 30.7 Å². The van der Waals surface area contributed by atoms with Crippen LogP contribution in [0, 0.1) is 18.3 Å². The fourth-order valence-electron chi connectivity index (χ4n) is 6.12. The molecule has 5 rings (SSSR count). The maximum atomic E-state index is 14.0. The third-order valence-electron chi connectivity index (χ3n) is 8.39. The van der Waals surface area contributed by atoms with Gasteiger partial charge in [-0.25, -0.2) is 4.98 Å². The number of thiocarbonyl (C=S) groups is 1. The lowest BCUT2D eigenvalue weighted by molar-refractivity contribution is -0.123. The average Bonchev–Trinajstić information content (AvgIpc) is 3.01. The van der Waals surface area contributed by atoms with Crippen molar-refractivity contribution in [1.82, 2.24) is 9.88 Å². The van der Waals surface area contributed by atoms with E-state index >= 15 is 0 Å². The zero-order chi connectivity index (χ0) is 28.4. The molecule has 0 radical (unpaired) electrons. The fraction of sp³-hybridized carbons (Fsp3) is 0.438. The Morgan fingerprint density at radius 3 is 2.73 bits per heavy atom. The van der Waals surface area contributed by atoms with Crippen molar-refractivity contribution in [3.8, 4) is 12.3 Å². The molecule has 2 fully saturated rings. The monoisotopic (exact) mass is 588 g/mol. The van der Waals surface area contributed by atoms with E-state index in [1.54, 1.807) is 11.1 Å². The first-order valence-corrected chi connectivity index (χ1v) is 15.9. The Morgan fingerprint density at radius 2 is 2.05 bits per heavy atom. The Hall–Kier alpha value is -2.37. The molecule has 1 spiro atoms. The molecule has 2 aromatic rings. The van der Waals surface area contributed by atoms with Crippen molar-refractivity contribution in [3.05, 3.63) is 70.7 Å². The number of nitrogens with zero attached hydrogens (tertiary/aromatic N) is 4. The normalized spacial score (nSPS) is 20.4. The van der Waals surface area contributed by atoms with Crippen LogP contribution in [0.4, 0.5) is 11.4 Å². The molecule has 3 unspecified atom stereocenters. The highest BCUT2D eigenvalue weighted by molar-refractivity contribution is 7.81. The number of aryl methyl sites for hydroxylation is 2. The van der Waals surface area contributed by atoms with E-state index in [4.69, 9.17) is 18.6 Å². The van der Waals surface area contributed by atoms with Crippen molar-refractivity contribution in [3.63, 3.8) is 0 Å². The lowest BCUT2D eigenvalue weighted by atomic mass is 9.75. The zero-order valence-corrected chi connectivity index (χ0v) is 26.5. The van der Waals surface area contributed by atoms with E-state index in [0.29, 0.717) is 22.4 Å². The summed E-state index contributed by atoms with van der Waals surface area (Å²) in [6.07, 6.45) is 17.3. The maximum Gasteiger partial charge on any atom is 0.259 e. The molecule has 1 amide bonds. The van der Waals surface area contributed by atoms with Crippen LogP contribution in [0.3, 0.4) is 0 Å². The fourth-order valence-corrected chi connectivity index (χ4v) is 7.10. The van der Waals surface area contributed by atoms with Gasteiger partial charge in [0.05, 0.1) is 11.9 Å². The first kappa shape index (κ1) is 29.1. The van der Waals surface area contributed by atoms with Crippen LogP contribution in [-0.4, -0.2) is 46.1 Å². The molecule has 8 heteroatoms. The average molecular weight is 589 g/mol. The molecule has 208 valence electrons. The SMILES string of the molecule is C#Cc1ncc(N2C(=O)C3(CCC3)N(c3ccc(CCCN4CC=C=CC(C)C4)c(CC)c3)C2=S)cc1C(P)P. The van der Waals surface area contributed by atoms with E-state index in [-0.39, 0.29) is 11.3 Å². The molecule has 5 nitrogen and oxygen atoms in total. The van der Waals surface area contributed by atoms with E-state index in [1.807, 2.05) is 6.07 Å². The predicted octanol–water partition coefficient (Wildman–Crippen LogP) is 6.03. The summed E-state index contributed by atoms with van der Waals surface area (Å²) >= 11 is 6.03. The summed E-state index contributed by atoms with van der Waals surface area (Å²) in [6.45, 7) is 7.58. The molecule has 1 saturated heterocycles. The molecule has 1 saturated carbocycles. The number of amides is 1. The Balaban J connectivity index is 1.39. The van der Waals surface area contributed by atoms with Gasteiger partial charge in [0.1, 0.15) is 11.2 Å². The van der Waals surface area contributed by atoms with Crippen molar-refractivity contribution in [2.24, 2.45) is 5.92 Å². The first-order valence-electron chi connectivity index (χ1n) is 14.2. The van der Waals surface area contributed by atoms with E-state index < -0.39 is 5.54 Å². The van der Waals surface area contributed by atoms with Gasteiger partial charge in [-0.05, 0) is 116 Å². The van der Waals surface area contributed by atoms with Crippen molar-refractivity contribution in [2.75, 3.05) is 29.4 Å². The van der Waals surface area contributed by atoms with Crippen molar-refractivity contribution in [1.29, 1.82) is 0 Å². The highest BCUT2D eigenvalue weighted by atomic mass is 32.1. The number of aromatic nitrogens is 1. The minimum atomic E-state index is -0.624. The van der Waals surface area contributed by atoms with Gasteiger partial charge in [-0.3, -0.25) is 14.6 Å². The van der Waals surface area contributed by atoms with Gasteiger partial charge in [0, 0.05) is 24.2 Å². The number of pyridine rings is 1. The summed E-state index contributed by atoms with van der Waals surface area (Å²) in [5.74, 6) is 3.22. The van der Waals surface area contributed by atoms with Gasteiger partial charge >= 0.3 is 0 Å². The Kier molecular flexibility index (Phi) is 8.92. The standard InChI is InChI=1S/C32H38N4OP2S/c1-4-23-18-25(13-12-24(23)11-8-17-34-16-7-6-10-22(3)21-34)36-31(40)35(30(37)32(36)14-9-15-32)26-19-27(29(38)39)28(5-2)33-20-26/h2,7,10,12-13,18-20,22,29H,4,8-9,11,14-17,21,38-39H2,1,3H3. The lowest BCUT2D eigenvalue weighted by Crippen LogP contribution is -2.55. The summed E-state index contributed by atoms with van der Waals surface area (Å²) in [7, 11) is 5.46. The minimum absolute atomic E-state index is 0.0223. The second-order valence-electron chi connectivity index (χ2n) is 11.1. The molecule has 1 aromatic heterocycles. The summed E-state index contributed by atoms with van der Waals surface area (Å²) < 4.78 is 0. The number of carbonyl (C=O) groups excluding carboxylic acids is 1. The molecular formula is C32H38N4OP2S. The molecule has 3 heterocycles. The summed E-state index contributed by atoms with van der Waals surface area (Å²) in [6, 6.07) is 8.61. The van der Waals surface area contributed by atoms with E-state index in [2.05, 4.69) is 89.1 Å². The lowest BCUT2D eigenvalue weighted by Gasteiger charge is -2.43. The third kappa shape index (κ3) is 5.44. The smallest absolute Gasteiger partial charge is 0.259 e. The van der Waals surface area contributed by atoms with Crippen molar-refractivity contribution < 1.29 is 4.79 Å². The Labute approximate surface area is 248 Å². The van der Waals surface area contributed by atoms with Crippen LogP contribution in [0.25, 0.3) is 0 Å². The number of hydrogen-bond acceptors (Lipinski definition) is 4. The molecule has 40 heavy (non-hydrogen) atoms. The largest absolute Gasteiger partial charge is 0.303 e. The van der Waals surface area contributed by atoms with Crippen LogP contribution in [0.15, 0.2) is 48.3 Å². The van der Waals surface area contributed by atoms with Gasteiger partial charge in [0.2, 0.25) is 0 Å². The zero-order valence-electron chi connectivity index (χ0n) is 23.4. The predicted molar refractivity (Wildman–Crippen MR) is 176 cm³/mol. The van der Waals surface area contributed by atoms with E-state index in [1.165, 1.54) is 11.1 Å². The van der Waals surface area contributed by atoms with Crippen molar-refractivity contribution in [2.45, 2.75) is 63.3 Å². The van der Waals surface area contributed by atoms with Gasteiger partial charge < -0.3 is 4.90 Å². The van der Waals surface area contributed by atoms with Crippen LogP contribution < -0.4 is 9.80 Å². The number of carbonyl (C=O) groups is 1. The van der Waals surface area contributed by atoms with Gasteiger partial charge in [-0.1, -0.05) is 19.9 Å². The van der Waals surface area contributed by atoms with Crippen LogP contribution in [0.5, 0.6) is 0 Å². The maximum absolute atomic E-state index is 14.0. The number of rotatable bonds is 8. The Bertz CT molecular complexity index is 1420. The molecule has 3 atom stereocenters. The highest BCUT2D eigenvalue weighted by Crippen LogP contribution is 2.48. The third-order valence-corrected chi connectivity index (χ3v) is 9.48. The van der Waals surface area contributed by atoms with Crippen molar-refractivity contribution >= 4 is 53.1 Å². The summed E-state index contributed by atoms with van der Waals surface area (Å²) in [4.78, 5) is 24.8. The van der Waals surface area contributed by atoms with E-state index in [0.717, 1.165) is 69.4 Å². The number of terminal acetylenes is 1. The molecule has 1 aromatic carbocycles. The number of hydrogen-bond donors (Lipinski definition) is 0. The van der Waals surface area contributed by atoms with Crippen LogP contribution in [0.1, 0.15) is 67.3 Å². The quantitative estimate of drug-likeness (QED) is 0.163. The summed E-state index contributed by atoms with van der Waals surface area (Å²) in [5.41, 5.74) is 8.50. The number of anilines is 2. The minimum Gasteiger partial charge on any atom is -0.303 e. The molecule has 2 aliphatic heterocycles. The topological polar surface area (TPSA) is 39.7 Å². The summed E-state index contributed by atoms with van der Waals surface area (Å²) in [5, 5.41) is 0.538. The van der Waals surface area contributed by atoms with Gasteiger partial charge in [0.25, 0.3) is 5.91 Å². The second-order valence-corrected chi connectivity index (χ2v) is 13.7. The second kappa shape index (κ2) is 12.2. The van der Waals surface area contributed by atoms with Gasteiger partial charge in [-0.2, -0.15) is 0 Å². The first-order chi connectivity index (χ1) is 19.3. The van der Waals surface area contributed by atoms with Crippen LogP contribution in [0.2, 0.25) is 0 Å². The molecule has 0 bridgehead atoms. The highest BCUT2D eigenvalue weighted by Gasteiger charge is 2.59. The van der Waals surface area contributed by atoms with E-state index in [9.17, 15) is 4.79 Å². The molecular weight excluding hydrogens is 550 g/mol. The molecule has 0 N–H and O–H groups in total. The van der Waals surface area contributed by atoms with Gasteiger partial charge in [0.15, 0.2) is 5.11 Å².